The Balaban J connectivity index is 1.28. The number of carbonyl (C=O) groups is 2. The summed E-state index contributed by atoms with van der Waals surface area (Å²) in [5.74, 6) is 0.892. The van der Waals surface area contributed by atoms with Gasteiger partial charge in [0.25, 0.3) is 11.8 Å². The highest BCUT2D eigenvalue weighted by molar-refractivity contribution is 7.30. The van der Waals surface area contributed by atoms with Crippen LogP contribution in [0.25, 0.3) is 41.3 Å². The van der Waals surface area contributed by atoms with Crippen LogP contribution in [0.3, 0.4) is 0 Å². The summed E-state index contributed by atoms with van der Waals surface area (Å²) in [6, 6.07) is 18.0. The minimum absolute atomic E-state index is 0.0427. The number of benzene rings is 1. The number of hydrogen-bond donors (Lipinski definition) is 0. The second-order valence-corrected chi connectivity index (χ2v) is 24.4. The van der Waals surface area contributed by atoms with Gasteiger partial charge in [-0.1, -0.05) is 168 Å². The minimum Gasteiger partial charge on any atom is -0.306 e. The number of nitrogens with zero attached hydrogens (tertiary/aromatic N) is 2. The molecule has 8 heteroatoms. The van der Waals surface area contributed by atoms with Gasteiger partial charge in [0.05, 0.1) is 41.7 Å². The van der Waals surface area contributed by atoms with Gasteiger partial charge in [0.15, 0.2) is 0 Å². The van der Waals surface area contributed by atoms with Crippen molar-refractivity contribution in [3.8, 4) is 9.75 Å². The van der Waals surface area contributed by atoms with Crippen LogP contribution in [0.1, 0.15) is 201 Å². The van der Waals surface area contributed by atoms with Crippen molar-refractivity contribution in [2.45, 2.75) is 196 Å². The molecule has 0 spiro atoms. The molecule has 2 aliphatic heterocycles. The first kappa shape index (κ1) is 50.8. The Hall–Kier alpha value is -3.04. The Bertz CT molecular complexity index is 2400. The van der Waals surface area contributed by atoms with Crippen LogP contribution in [0.15, 0.2) is 59.7 Å². The number of hydrogen-bond acceptors (Lipinski definition) is 6. The normalized spacial score (nSPS) is 15.2. The second kappa shape index (κ2) is 25.5. The number of rotatable bonds is 31. The summed E-state index contributed by atoms with van der Waals surface area (Å²) in [6.07, 6.45) is 29.7. The molecule has 0 aliphatic carbocycles. The molecule has 4 nitrogen and oxygen atoms in total. The highest BCUT2D eigenvalue weighted by Crippen LogP contribution is 2.51. The van der Waals surface area contributed by atoms with Gasteiger partial charge < -0.3 is 9.80 Å². The Morgan fingerprint density at radius 2 is 0.818 bits per heavy atom. The number of amides is 2. The van der Waals surface area contributed by atoms with E-state index in [2.05, 4.69) is 99.9 Å². The van der Waals surface area contributed by atoms with Crippen LogP contribution in [0, 0.1) is 25.7 Å². The molecule has 0 radical (unpaired) electrons. The van der Waals surface area contributed by atoms with Gasteiger partial charge in [0, 0.05) is 32.6 Å². The Morgan fingerprint density at radius 1 is 0.409 bits per heavy atom. The van der Waals surface area contributed by atoms with Crippen molar-refractivity contribution in [3.05, 3.63) is 79.2 Å². The van der Waals surface area contributed by atoms with Crippen LogP contribution in [0.2, 0.25) is 0 Å². The summed E-state index contributed by atoms with van der Waals surface area (Å²) in [6.45, 7) is 14.9. The molecular formula is C58H80N2O2S4. The molecule has 2 atom stereocenters. The van der Waals surface area contributed by atoms with Gasteiger partial charge in [-0.05, 0) is 98.5 Å². The fourth-order valence-corrected chi connectivity index (χ4v) is 15.0. The summed E-state index contributed by atoms with van der Waals surface area (Å²) < 4.78 is 2.72. The minimum atomic E-state index is 0.0427. The van der Waals surface area contributed by atoms with Gasteiger partial charge in [-0.2, -0.15) is 0 Å². The van der Waals surface area contributed by atoms with Gasteiger partial charge in [-0.3, -0.25) is 9.59 Å². The molecule has 7 rings (SSSR count). The van der Waals surface area contributed by atoms with E-state index in [1.165, 1.54) is 168 Å². The van der Waals surface area contributed by atoms with Gasteiger partial charge in [0.1, 0.15) is 0 Å². The van der Waals surface area contributed by atoms with Crippen LogP contribution in [0.5, 0.6) is 0 Å². The number of unbranched alkanes of at least 4 members (excludes halogenated alkanes) is 16. The predicted octanol–water partition coefficient (Wildman–Crippen LogP) is 19.0. The molecular weight excluding hydrogens is 885 g/mol. The lowest BCUT2D eigenvalue weighted by atomic mass is 9.93. The van der Waals surface area contributed by atoms with Crippen molar-refractivity contribution in [2.24, 2.45) is 11.8 Å². The van der Waals surface area contributed by atoms with Crippen molar-refractivity contribution in [2.75, 3.05) is 13.1 Å². The molecule has 358 valence electrons. The zero-order valence-electron chi connectivity index (χ0n) is 41.5. The molecule has 1 aromatic carbocycles. The van der Waals surface area contributed by atoms with Crippen molar-refractivity contribution in [3.63, 3.8) is 0 Å². The van der Waals surface area contributed by atoms with E-state index in [0.717, 1.165) is 46.8 Å². The first-order valence-corrected chi connectivity index (χ1v) is 29.7. The molecule has 2 unspecified atom stereocenters. The maximum atomic E-state index is 15.6. The predicted molar refractivity (Wildman–Crippen MR) is 292 cm³/mol. The number of carbonyl (C=O) groups excluding carboxylic acids is 2. The lowest BCUT2D eigenvalue weighted by molar-refractivity contribution is -0.124. The van der Waals surface area contributed by atoms with E-state index in [9.17, 15) is 0 Å². The van der Waals surface area contributed by atoms with Crippen LogP contribution < -0.4 is 0 Å². The average molecular weight is 966 g/mol. The fraction of sp³-hybridized carbons (Fsp3) is 0.586. The SMILES string of the molecule is CCCCCCCCC(CCCCCC)CN1C(=O)C2=C(c3ccc(-c4cc5ccc6cc(C)sc6c5s4)s3)N(CC(CCCCCC)CCCCCCCC)C(=O)C2=C1c1ccc(C)s1. The zero-order valence-corrected chi connectivity index (χ0v) is 44.8. The lowest BCUT2D eigenvalue weighted by Gasteiger charge is -2.29. The van der Waals surface area contributed by atoms with E-state index in [1.54, 1.807) is 22.7 Å². The highest BCUT2D eigenvalue weighted by atomic mass is 32.1. The number of aryl methyl sites for hydroxylation is 2. The van der Waals surface area contributed by atoms with E-state index in [4.69, 9.17) is 0 Å². The number of fused-ring (bicyclic) bond motifs is 4. The summed E-state index contributed by atoms with van der Waals surface area (Å²) in [5.41, 5.74) is 3.08. The first-order valence-electron chi connectivity index (χ1n) is 26.5. The Kier molecular flexibility index (Phi) is 19.7. The molecule has 4 aromatic heterocycles. The lowest BCUT2D eigenvalue weighted by Crippen LogP contribution is -2.34. The monoisotopic (exact) mass is 965 g/mol. The highest BCUT2D eigenvalue weighted by Gasteiger charge is 2.50. The molecule has 0 saturated heterocycles. The second-order valence-electron chi connectivity index (χ2n) is 19.8. The van der Waals surface area contributed by atoms with Gasteiger partial charge in [-0.15, -0.1) is 45.3 Å². The molecule has 0 bridgehead atoms. The molecule has 0 fully saturated rings. The molecule has 0 N–H and O–H groups in total. The summed E-state index contributed by atoms with van der Waals surface area (Å²) in [7, 11) is 0. The Morgan fingerprint density at radius 3 is 1.30 bits per heavy atom. The van der Waals surface area contributed by atoms with E-state index in [0.29, 0.717) is 36.1 Å². The number of thiophene rings is 4. The topological polar surface area (TPSA) is 40.6 Å². The summed E-state index contributed by atoms with van der Waals surface area (Å²) in [4.78, 5) is 42.6. The third kappa shape index (κ3) is 12.6. The van der Waals surface area contributed by atoms with Crippen molar-refractivity contribution >= 4 is 88.7 Å². The molecule has 66 heavy (non-hydrogen) atoms. The maximum Gasteiger partial charge on any atom is 0.261 e. The molecule has 5 aromatic rings. The van der Waals surface area contributed by atoms with Crippen LogP contribution in [-0.4, -0.2) is 34.7 Å². The van der Waals surface area contributed by atoms with Gasteiger partial charge >= 0.3 is 0 Å². The molecule has 2 amide bonds. The largest absolute Gasteiger partial charge is 0.306 e. The average Bonchev–Trinajstić information content (AvgIpc) is 4.18. The van der Waals surface area contributed by atoms with Gasteiger partial charge in [-0.25, -0.2) is 0 Å². The Labute approximate surface area is 415 Å². The molecule has 0 saturated carbocycles. The quantitative estimate of drug-likeness (QED) is 0.0415. The van der Waals surface area contributed by atoms with Crippen LogP contribution in [0.4, 0.5) is 0 Å². The van der Waals surface area contributed by atoms with E-state index in [1.807, 2.05) is 22.7 Å². The zero-order chi connectivity index (χ0) is 46.4. The van der Waals surface area contributed by atoms with Crippen LogP contribution in [-0.2, 0) is 9.59 Å². The van der Waals surface area contributed by atoms with Crippen molar-refractivity contribution < 1.29 is 9.59 Å². The van der Waals surface area contributed by atoms with E-state index >= 15 is 9.59 Å². The smallest absolute Gasteiger partial charge is 0.261 e. The molecule has 6 heterocycles. The standard InChI is InChI=1S/C58H80N2O2S4/c1-7-11-15-19-21-25-29-43(27-23-17-13-9-3)39-59-53(48-34-31-41(5)63-48)51-52(58(59)62)54(60(57(51)61)40-44(28-24-18-14-10-4)30-26-22-20-16-12-8-2)49-36-35-47(65-49)50-38-46-33-32-45-37-42(6)64-55(45)56(46)66-50/h31-38,43-44H,7-30,39-40H2,1-6H3. The van der Waals surface area contributed by atoms with Crippen molar-refractivity contribution in [1.82, 2.24) is 9.80 Å². The molecule has 2 aliphatic rings. The van der Waals surface area contributed by atoms with Crippen LogP contribution >= 0.6 is 45.3 Å². The summed E-state index contributed by atoms with van der Waals surface area (Å²) >= 11 is 7.27. The van der Waals surface area contributed by atoms with Crippen molar-refractivity contribution in [1.29, 1.82) is 0 Å². The third-order valence-electron chi connectivity index (χ3n) is 14.3. The fourth-order valence-electron chi connectivity index (χ4n) is 10.6. The van der Waals surface area contributed by atoms with E-state index < -0.39 is 0 Å². The third-order valence-corrected chi connectivity index (χ3v) is 19.0. The summed E-state index contributed by atoms with van der Waals surface area (Å²) in [5, 5.41) is 2.60. The maximum absolute atomic E-state index is 15.6. The first-order chi connectivity index (χ1) is 32.3. The van der Waals surface area contributed by atoms with Gasteiger partial charge in [0.2, 0.25) is 0 Å². The van der Waals surface area contributed by atoms with E-state index in [-0.39, 0.29) is 11.8 Å².